The standard InChI is InChI=1S/C23H20N2O2S2/c1-27-21-12-6-5-10-18(21)14-25(15-19-11-7-13-28-19)23(26)20-16-29-22(24-20)17-8-3-2-4-9-17/h2-13,16H,14-15H2,1H3. The van der Waals surface area contributed by atoms with Crippen molar-refractivity contribution < 1.29 is 9.53 Å². The molecule has 0 aliphatic carbocycles. The lowest BCUT2D eigenvalue weighted by molar-refractivity contribution is 0.0725. The monoisotopic (exact) mass is 420 g/mol. The van der Waals surface area contributed by atoms with Gasteiger partial charge in [-0.25, -0.2) is 4.98 Å². The lowest BCUT2D eigenvalue weighted by Crippen LogP contribution is -2.30. The summed E-state index contributed by atoms with van der Waals surface area (Å²) in [5, 5.41) is 4.72. The average Bonchev–Trinajstić information content (AvgIpc) is 3.46. The third kappa shape index (κ3) is 4.55. The van der Waals surface area contributed by atoms with Crippen LogP contribution in [0.25, 0.3) is 10.6 Å². The highest BCUT2D eigenvalue weighted by Crippen LogP contribution is 2.26. The number of para-hydroxylation sites is 1. The van der Waals surface area contributed by atoms with Crippen LogP contribution in [0.2, 0.25) is 0 Å². The van der Waals surface area contributed by atoms with Crippen LogP contribution >= 0.6 is 22.7 Å². The van der Waals surface area contributed by atoms with Crippen LogP contribution in [-0.4, -0.2) is 22.9 Å². The van der Waals surface area contributed by atoms with Crippen molar-refractivity contribution in [3.63, 3.8) is 0 Å². The van der Waals surface area contributed by atoms with Gasteiger partial charge >= 0.3 is 0 Å². The normalized spacial score (nSPS) is 10.7. The number of hydrogen-bond donors (Lipinski definition) is 0. The minimum Gasteiger partial charge on any atom is -0.496 e. The van der Waals surface area contributed by atoms with Gasteiger partial charge in [0.2, 0.25) is 0 Å². The van der Waals surface area contributed by atoms with Crippen molar-refractivity contribution in [1.29, 1.82) is 0 Å². The fourth-order valence-corrected chi connectivity index (χ4v) is 4.60. The molecule has 4 rings (SSSR count). The Morgan fingerprint density at radius 3 is 2.52 bits per heavy atom. The molecular formula is C23H20N2O2S2. The zero-order valence-electron chi connectivity index (χ0n) is 15.9. The number of rotatable bonds is 7. The molecule has 0 N–H and O–H groups in total. The van der Waals surface area contributed by atoms with E-state index in [1.165, 1.54) is 11.3 Å². The number of methoxy groups -OCH3 is 1. The number of carbonyl (C=O) groups is 1. The van der Waals surface area contributed by atoms with Crippen molar-refractivity contribution in [3.05, 3.63) is 93.6 Å². The predicted octanol–water partition coefficient (Wildman–Crippen LogP) is 5.72. The van der Waals surface area contributed by atoms with Gasteiger partial charge in [0.25, 0.3) is 5.91 Å². The van der Waals surface area contributed by atoms with Gasteiger partial charge in [0.05, 0.1) is 20.2 Å². The van der Waals surface area contributed by atoms with Crippen LogP contribution in [0, 0.1) is 0 Å². The molecule has 2 heterocycles. The van der Waals surface area contributed by atoms with Crippen LogP contribution in [0.15, 0.2) is 77.5 Å². The smallest absolute Gasteiger partial charge is 0.273 e. The van der Waals surface area contributed by atoms with Crippen LogP contribution in [0.4, 0.5) is 0 Å². The third-order valence-corrected chi connectivity index (χ3v) is 6.26. The maximum Gasteiger partial charge on any atom is 0.273 e. The van der Waals surface area contributed by atoms with E-state index in [2.05, 4.69) is 4.98 Å². The Labute approximate surface area is 178 Å². The molecule has 1 amide bonds. The van der Waals surface area contributed by atoms with Crippen molar-refractivity contribution in [2.75, 3.05) is 7.11 Å². The van der Waals surface area contributed by atoms with Crippen LogP contribution in [0.1, 0.15) is 20.9 Å². The molecule has 4 nitrogen and oxygen atoms in total. The summed E-state index contributed by atoms with van der Waals surface area (Å²) >= 11 is 3.13. The van der Waals surface area contributed by atoms with Gasteiger partial charge in [-0.1, -0.05) is 54.6 Å². The van der Waals surface area contributed by atoms with Crippen molar-refractivity contribution in [2.45, 2.75) is 13.1 Å². The van der Waals surface area contributed by atoms with Gasteiger partial charge in [0, 0.05) is 21.4 Å². The van der Waals surface area contributed by atoms with Crippen LogP contribution in [-0.2, 0) is 13.1 Å². The first kappa shape index (κ1) is 19.4. The second kappa shape index (κ2) is 9.03. The Bertz CT molecular complexity index is 1080. The fourth-order valence-electron chi connectivity index (χ4n) is 3.08. The molecule has 0 fully saturated rings. The number of nitrogens with zero attached hydrogens (tertiary/aromatic N) is 2. The van der Waals surface area contributed by atoms with Gasteiger partial charge in [-0.15, -0.1) is 22.7 Å². The van der Waals surface area contributed by atoms with E-state index in [0.29, 0.717) is 18.8 Å². The lowest BCUT2D eigenvalue weighted by atomic mass is 10.1. The number of benzene rings is 2. The summed E-state index contributed by atoms with van der Waals surface area (Å²) in [5.41, 5.74) is 2.46. The second-order valence-electron chi connectivity index (χ2n) is 6.46. The Hall–Kier alpha value is -2.96. The van der Waals surface area contributed by atoms with Crippen molar-refractivity contribution in [2.24, 2.45) is 0 Å². The molecule has 0 bridgehead atoms. The first-order chi connectivity index (χ1) is 14.2. The molecule has 0 atom stereocenters. The number of hydrogen-bond acceptors (Lipinski definition) is 5. The summed E-state index contributed by atoms with van der Waals surface area (Å²) in [4.78, 5) is 20.9. The topological polar surface area (TPSA) is 42.4 Å². The number of carbonyl (C=O) groups excluding carboxylic acids is 1. The number of aromatic nitrogens is 1. The van der Waals surface area contributed by atoms with Crippen LogP contribution in [0.3, 0.4) is 0 Å². The van der Waals surface area contributed by atoms with E-state index < -0.39 is 0 Å². The molecule has 2 aromatic carbocycles. The Morgan fingerprint density at radius 2 is 1.76 bits per heavy atom. The van der Waals surface area contributed by atoms with Crippen LogP contribution < -0.4 is 4.74 Å². The van der Waals surface area contributed by atoms with Crippen molar-refractivity contribution in [1.82, 2.24) is 9.88 Å². The number of amides is 1. The molecule has 0 saturated heterocycles. The summed E-state index contributed by atoms with van der Waals surface area (Å²) in [6, 6.07) is 21.8. The van der Waals surface area contributed by atoms with E-state index in [0.717, 1.165) is 26.8 Å². The molecule has 2 aromatic heterocycles. The summed E-state index contributed by atoms with van der Waals surface area (Å²) in [6.45, 7) is 0.992. The molecule has 0 spiro atoms. The minimum atomic E-state index is -0.0808. The summed E-state index contributed by atoms with van der Waals surface area (Å²) < 4.78 is 5.48. The SMILES string of the molecule is COc1ccccc1CN(Cc1cccs1)C(=O)c1csc(-c2ccccc2)n1. The van der Waals surface area contributed by atoms with Gasteiger partial charge in [-0.05, 0) is 17.5 Å². The third-order valence-electron chi connectivity index (χ3n) is 4.51. The van der Waals surface area contributed by atoms with Crippen molar-refractivity contribution >= 4 is 28.6 Å². The molecule has 0 saturated carbocycles. The largest absolute Gasteiger partial charge is 0.496 e. The zero-order chi connectivity index (χ0) is 20.1. The summed E-state index contributed by atoms with van der Waals surface area (Å²) in [7, 11) is 1.65. The highest BCUT2D eigenvalue weighted by atomic mass is 32.1. The molecule has 0 aliphatic heterocycles. The summed E-state index contributed by atoms with van der Waals surface area (Å²) in [6.07, 6.45) is 0. The van der Waals surface area contributed by atoms with Gasteiger partial charge in [0.1, 0.15) is 16.5 Å². The number of ether oxygens (including phenoxy) is 1. The fraction of sp³-hybridized carbons (Fsp3) is 0.130. The Kier molecular flexibility index (Phi) is 6.03. The highest BCUT2D eigenvalue weighted by Gasteiger charge is 2.21. The van der Waals surface area contributed by atoms with Gasteiger partial charge < -0.3 is 9.64 Å². The van der Waals surface area contributed by atoms with E-state index in [-0.39, 0.29) is 5.91 Å². The molecule has 0 aliphatic rings. The van der Waals surface area contributed by atoms with Gasteiger partial charge in [0.15, 0.2) is 0 Å². The first-order valence-electron chi connectivity index (χ1n) is 9.19. The quantitative estimate of drug-likeness (QED) is 0.384. The van der Waals surface area contributed by atoms with E-state index >= 15 is 0 Å². The van der Waals surface area contributed by atoms with E-state index in [9.17, 15) is 4.79 Å². The Balaban J connectivity index is 1.62. The molecule has 29 heavy (non-hydrogen) atoms. The molecule has 146 valence electrons. The lowest BCUT2D eigenvalue weighted by Gasteiger charge is -2.22. The van der Waals surface area contributed by atoms with E-state index in [1.54, 1.807) is 18.4 Å². The maximum absolute atomic E-state index is 13.4. The Morgan fingerprint density at radius 1 is 0.966 bits per heavy atom. The molecule has 6 heteroatoms. The molecule has 0 radical (unpaired) electrons. The van der Waals surface area contributed by atoms with Gasteiger partial charge in [-0.2, -0.15) is 0 Å². The molecular weight excluding hydrogens is 400 g/mol. The predicted molar refractivity (Wildman–Crippen MR) is 118 cm³/mol. The highest BCUT2D eigenvalue weighted by molar-refractivity contribution is 7.13. The summed E-state index contributed by atoms with van der Waals surface area (Å²) in [5.74, 6) is 0.697. The number of thiazole rings is 1. The zero-order valence-corrected chi connectivity index (χ0v) is 17.6. The molecule has 4 aromatic rings. The first-order valence-corrected chi connectivity index (χ1v) is 10.9. The molecule has 0 unspecified atom stereocenters. The average molecular weight is 421 g/mol. The minimum absolute atomic E-state index is 0.0808. The number of thiophene rings is 1. The second-order valence-corrected chi connectivity index (χ2v) is 8.35. The van der Waals surface area contributed by atoms with E-state index in [1.807, 2.05) is 82.4 Å². The van der Waals surface area contributed by atoms with Gasteiger partial charge in [-0.3, -0.25) is 4.79 Å². The van der Waals surface area contributed by atoms with Crippen molar-refractivity contribution in [3.8, 4) is 16.3 Å². The van der Waals surface area contributed by atoms with E-state index in [4.69, 9.17) is 4.74 Å². The van der Waals surface area contributed by atoms with Crippen LogP contribution in [0.5, 0.6) is 5.75 Å². The maximum atomic E-state index is 13.4.